The molecule has 0 radical (unpaired) electrons. The van der Waals surface area contributed by atoms with E-state index in [1.807, 2.05) is 73.7 Å². The van der Waals surface area contributed by atoms with Crippen LogP contribution in [-0.4, -0.2) is 5.91 Å². The van der Waals surface area contributed by atoms with E-state index in [0.717, 1.165) is 16.7 Å². The molecule has 0 spiro atoms. The van der Waals surface area contributed by atoms with Crippen molar-refractivity contribution in [3.63, 3.8) is 0 Å². The lowest BCUT2D eigenvalue weighted by Gasteiger charge is -2.08. The number of amides is 1. The van der Waals surface area contributed by atoms with Crippen LogP contribution in [0.25, 0.3) is 0 Å². The van der Waals surface area contributed by atoms with Gasteiger partial charge in [0.25, 0.3) is 0 Å². The van der Waals surface area contributed by atoms with Crippen molar-refractivity contribution in [2.24, 2.45) is 0 Å². The number of hydrogen-bond donors (Lipinski definition) is 1. The van der Waals surface area contributed by atoms with Gasteiger partial charge in [-0.05, 0) is 29.2 Å². The maximum Gasteiger partial charge on any atom is 0.224 e. The fraction of sp³-hybridized carbons (Fsp3) is 0.208. The van der Waals surface area contributed by atoms with Crippen molar-refractivity contribution in [3.8, 4) is 0 Å². The van der Waals surface area contributed by atoms with E-state index in [4.69, 9.17) is 4.74 Å². The Bertz CT molecular complexity index is 840. The Labute approximate surface area is 161 Å². The van der Waals surface area contributed by atoms with Gasteiger partial charge in [0.1, 0.15) is 0 Å². The van der Waals surface area contributed by atoms with Crippen molar-refractivity contribution in [3.05, 3.63) is 107 Å². The van der Waals surface area contributed by atoms with Crippen LogP contribution in [0, 0.1) is 6.92 Å². The van der Waals surface area contributed by atoms with Crippen molar-refractivity contribution in [2.75, 3.05) is 0 Å². The second-order valence-electron chi connectivity index (χ2n) is 6.73. The summed E-state index contributed by atoms with van der Waals surface area (Å²) in [6.07, 6.45) is 0.408. The molecule has 3 aromatic carbocycles. The molecule has 3 heteroatoms. The van der Waals surface area contributed by atoms with Crippen LogP contribution in [0.15, 0.2) is 78.9 Å². The van der Waals surface area contributed by atoms with Gasteiger partial charge in [-0.25, -0.2) is 0 Å². The lowest BCUT2D eigenvalue weighted by Crippen LogP contribution is -2.24. The van der Waals surface area contributed by atoms with Crippen LogP contribution in [0.4, 0.5) is 0 Å². The van der Waals surface area contributed by atoms with Crippen molar-refractivity contribution < 1.29 is 9.53 Å². The molecular weight excluding hydrogens is 334 g/mol. The molecule has 0 aliphatic carbocycles. The third kappa shape index (κ3) is 6.39. The Morgan fingerprint density at radius 3 is 1.96 bits per heavy atom. The first-order valence-corrected chi connectivity index (χ1v) is 9.21. The highest BCUT2D eigenvalue weighted by atomic mass is 16.5. The number of hydrogen-bond acceptors (Lipinski definition) is 2. The van der Waals surface area contributed by atoms with Gasteiger partial charge >= 0.3 is 0 Å². The van der Waals surface area contributed by atoms with Gasteiger partial charge < -0.3 is 10.1 Å². The average Bonchev–Trinajstić information content (AvgIpc) is 2.70. The molecule has 3 aromatic rings. The van der Waals surface area contributed by atoms with Crippen LogP contribution in [0.5, 0.6) is 0 Å². The summed E-state index contributed by atoms with van der Waals surface area (Å²) in [5.41, 5.74) is 5.61. The molecule has 0 unspecified atom stereocenters. The Morgan fingerprint density at radius 2 is 1.30 bits per heavy atom. The normalized spacial score (nSPS) is 10.6. The predicted octanol–water partition coefficient (Wildman–Crippen LogP) is 4.57. The van der Waals surface area contributed by atoms with Crippen LogP contribution < -0.4 is 5.32 Å². The molecule has 0 aliphatic rings. The minimum Gasteiger partial charge on any atom is -0.372 e. The summed E-state index contributed by atoms with van der Waals surface area (Å²) in [6, 6.07) is 26.4. The monoisotopic (exact) mass is 359 g/mol. The molecule has 27 heavy (non-hydrogen) atoms. The summed E-state index contributed by atoms with van der Waals surface area (Å²) in [5, 5.41) is 2.98. The van der Waals surface area contributed by atoms with Crippen LogP contribution >= 0.6 is 0 Å². The maximum atomic E-state index is 12.1. The molecule has 3 rings (SSSR count). The van der Waals surface area contributed by atoms with Gasteiger partial charge in [0.2, 0.25) is 5.91 Å². The Balaban J connectivity index is 1.40. The average molecular weight is 359 g/mol. The lowest BCUT2D eigenvalue weighted by atomic mass is 10.1. The largest absolute Gasteiger partial charge is 0.372 e. The fourth-order valence-corrected chi connectivity index (χ4v) is 2.77. The van der Waals surface area contributed by atoms with Gasteiger partial charge in [0, 0.05) is 6.54 Å². The molecule has 0 saturated carbocycles. The molecule has 1 N–H and O–H groups in total. The number of ether oxygens (including phenoxy) is 1. The molecule has 0 fully saturated rings. The topological polar surface area (TPSA) is 38.3 Å². The molecular formula is C24H25NO2. The van der Waals surface area contributed by atoms with E-state index < -0.39 is 0 Å². The summed E-state index contributed by atoms with van der Waals surface area (Å²) < 4.78 is 5.75. The van der Waals surface area contributed by atoms with E-state index in [1.54, 1.807) is 0 Å². The van der Waals surface area contributed by atoms with Gasteiger partial charge in [-0.15, -0.1) is 0 Å². The third-order valence-corrected chi connectivity index (χ3v) is 4.38. The van der Waals surface area contributed by atoms with Crippen LogP contribution in [0.2, 0.25) is 0 Å². The van der Waals surface area contributed by atoms with E-state index >= 15 is 0 Å². The SMILES string of the molecule is Cc1ccc(CC(=O)NCc2ccc(COCc3ccccc3)cc2)cc1. The van der Waals surface area contributed by atoms with Crippen LogP contribution in [-0.2, 0) is 35.7 Å². The second kappa shape index (κ2) is 9.70. The maximum absolute atomic E-state index is 12.1. The smallest absolute Gasteiger partial charge is 0.224 e. The summed E-state index contributed by atoms with van der Waals surface area (Å²) >= 11 is 0. The van der Waals surface area contributed by atoms with Crippen molar-refractivity contribution >= 4 is 5.91 Å². The highest BCUT2D eigenvalue weighted by Gasteiger charge is 2.03. The first-order valence-electron chi connectivity index (χ1n) is 9.21. The van der Waals surface area contributed by atoms with Gasteiger partial charge in [-0.3, -0.25) is 4.79 Å². The van der Waals surface area contributed by atoms with Crippen molar-refractivity contribution in [2.45, 2.75) is 33.1 Å². The number of benzene rings is 3. The standard InChI is InChI=1S/C24H25NO2/c1-19-7-9-20(10-8-19)15-24(26)25-16-21-11-13-23(14-12-21)18-27-17-22-5-3-2-4-6-22/h2-14H,15-18H2,1H3,(H,25,26). The molecule has 0 aromatic heterocycles. The summed E-state index contributed by atoms with van der Waals surface area (Å²) in [7, 11) is 0. The Morgan fingerprint density at radius 1 is 0.741 bits per heavy atom. The zero-order valence-electron chi connectivity index (χ0n) is 15.7. The van der Waals surface area contributed by atoms with Gasteiger partial charge in [-0.1, -0.05) is 84.4 Å². The van der Waals surface area contributed by atoms with E-state index in [0.29, 0.717) is 26.2 Å². The van der Waals surface area contributed by atoms with E-state index in [9.17, 15) is 4.79 Å². The Hall–Kier alpha value is -2.91. The van der Waals surface area contributed by atoms with E-state index in [2.05, 4.69) is 17.4 Å². The minimum absolute atomic E-state index is 0.0362. The quantitative estimate of drug-likeness (QED) is 0.640. The molecule has 0 aliphatic heterocycles. The predicted molar refractivity (Wildman–Crippen MR) is 108 cm³/mol. The van der Waals surface area contributed by atoms with Gasteiger partial charge in [0.05, 0.1) is 19.6 Å². The first kappa shape index (κ1) is 18.9. The Kier molecular flexibility index (Phi) is 6.78. The zero-order chi connectivity index (χ0) is 18.9. The van der Waals surface area contributed by atoms with Crippen LogP contribution in [0.1, 0.15) is 27.8 Å². The van der Waals surface area contributed by atoms with Gasteiger partial charge in [-0.2, -0.15) is 0 Å². The van der Waals surface area contributed by atoms with E-state index in [-0.39, 0.29) is 5.91 Å². The van der Waals surface area contributed by atoms with Gasteiger partial charge in [0.15, 0.2) is 0 Å². The number of carbonyl (C=O) groups is 1. The molecule has 0 heterocycles. The second-order valence-corrected chi connectivity index (χ2v) is 6.73. The zero-order valence-corrected chi connectivity index (χ0v) is 15.7. The number of aryl methyl sites for hydroxylation is 1. The van der Waals surface area contributed by atoms with E-state index in [1.165, 1.54) is 11.1 Å². The summed E-state index contributed by atoms with van der Waals surface area (Å²) in [5.74, 6) is 0.0362. The summed E-state index contributed by atoms with van der Waals surface area (Å²) in [4.78, 5) is 12.1. The minimum atomic E-state index is 0.0362. The van der Waals surface area contributed by atoms with Crippen molar-refractivity contribution in [1.82, 2.24) is 5.32 Å². The first-order chi connectivity index (χ1) is 13.2. The molecule has 0 bridgehead atoms. The summed E-state index contributed by atoms with van der Waals surface area (Å²) in [6.45, 7) is 3.77. The molecule has 138 valence electrons. The third-order valence-electron chi connectivity index (χ3n) is 4.38. The molecule has 0 saturated heterocycles. The molecule has 1 amide bonds. The highest BCUT2D eigenvalue weighted by Crippen LogP contribution is 2.09. The lowest BCUT2D eigenvalue weighted by molar-refractivity contribution is -0.120. The number of rotatable bonds is 8. The number of nitrogens with one attached hydrogen (secondary N) is 1. The molecule has 3 nitrogen and oxygen atoms in total. The number of carbonyl (C=O) groups excluding carboxylic acids is 1. The van der Waals surface area contributed by atoms with Crippen LogP contribution in [0.3, 0.4) is 0 Å². The fourth-order valence-electron chi connectivity index (χ4n) is 2.77. The molecule has 0 atom stereocenters. The highest BCUT2D eigenvalue weighted by molar-refractivity contribution is 5.78. The van der Waals surface area contributed by atoms with Crippen molar-refractivity contribution in [1.29, 1.82) is 0 Å².